The SMILES string of the molecule is Cn1c(=O)c2[nH]c(CN3CCCC3CO)nc2n(C)c1=O. The van der Waals surface area contributed by atoms with Crippen molar-refractivity contribution in [3.8, 4) is 0 Å². The average molecular weight is 293 g/mol. The molecule has 1 atom stereocenters. The summed E-state index contributed by atoms with van der Waals surface area (Å²) in [6.45, 7) is 1.57. The van der Waals surface area contributed by atoms with Gasteiger partial charge < -0.3 is 10.1 Å². The Morgan fingerprint density at radius 3 is 2.81 bits per heavy atom. The molecular formula is C13H19N5O3. The number of aliphatic hydroxyl groups excluding tert-OH is 1. The smallest absolute Gasteiger partial charge is 0.332 e. The van der Waals surface area contributed by atoms with E-state index < -0.39 is 0 Å². The van der Waals surface area contributed by atoms with Crippen LogP contribution in [-0.2, 0) is 20.6 Å². The molecule has 8 heteroatoms. The zero-order valence-electron chi connectivity index (χ0n) is 12.2. The molecule has 0 aromatic carbocycles. The molecule has 2 N–H and O–H groups in total. The number of aliphatic hydroxyl groups is 1. The van der Waals surface area contributed by atoms with Crippen LogP contribution in [0.4, 0.5) is 0 Å². The Hall–Kier alpha value is -1.93. The van der Waals surface area contributed by atoms with Crippen LogP contribution < -0.4 is 11.2 Å². The van der Waals surface area contributed by atoms with Crippen LogP contribution in [0, 0.1) is 0 Å². The quantitative estimate of drug-likeness (QED) is 0.750. The van der Waals surface area contributed by atoms with Gasteiger partial charge in [-0.25, -0.2) is 9.78 Å². The molecular weight excluding hydrogens is 274 g/mol. The van der Waals surface area contributed by atoms with Gasteiger partial charge in [-0.2, -0.15) is 0 Å². The summed E-state index contributed by atoms with van der Waals surface area (Å²) in [7, 11) is 3.05. The summed E-state index contributed by atoms with van der Waals surface area (Å²) in [4.78, 5) is 33.5. The predicted octanol–water partition coefficient (Wildman–Crippen LogP) is -1.08. The van der Waals surface area contributed by atoms with Gasteiger partial charge in [0.25, 0.3) is 5.56 Å². The van der Waals surface area contributed by atoms with E-state index >= 15 is 0 Å². The third kappa shape index (κ3) is 2.20. The standard InChI is InChI=1S/C13H19N5O3/c1-16-11-10(12(20)17(2)13(16)21)14-9(15-11)6-18-5-3-4-8(18)7-19/h8,19H,3-7H2,1-2H3,(H,14,15). The van der Waals surface area contributed by atoms with Crippen molar-refractivity contribution in [2.45, 2.75) is 25.4 Å². The molecule has 2 aromatic rings. The first-order valence-electron chi connectivity index (χ1n) is 7.02. The van der Waals surface area contributed by atoms with Crippen molar-refractivity contribution in [3.05, 3.63) is 26.7 Å². The number of aromatic amines is 1. The molecule has 0 amide bonds. The summed E-state index contributed by atoms with van der Waals surface area (Å²) in [6.07, 6.45) is 2.02. The molecule has 2 aromatic heterocycles. The lowest BCUT2D eigenvalue weighted by Crippen LogP contribution is -2.36. The monoisotopic (exact) mass is 293 g/mol. The molecule has 0 radical (unpaired) electrons. The van der Waals surface area contributed by atoms with E-state index in [0.717, 1.165) is 24.0 Å². The number of aromatic nitrogens is 4. The zero-order valence-corrected chi connectivity index (χ0v) is 12.2. The first kappa shape index (κ1) is 14.0. The van der Waals surface area contributed by atoms with Crippen molar-refractivity contribution >= 4 is 11.2 Å². The van der Waals surface area contributed by atoms with Crippen LogP contribution in [0.5, 0.6) is 0 Å². The molecule has 1 unspecified atom stereocenters. The van der Waals surface area contributed by atoms with Crippen LogP contribution in [0.25, 0.3) is 11.2 Å². The van der Waals surface area contributed by atoms with E-state index in [4.69, 9.17) is 0 Å². The summed E-state index contributed by atoms with van der Waals surface area (Å²) in [5.41, 5.74) is -0.0425. The number of nitrogens with zero attached hydrogens (tertiary/aromatic N) is 4. The van der Waals surface area contributed by atoms with Crippen molar-refractivity contribution in [1.29, 1.82) is 0 Å². The lowest BCUT2D eigenvalue weighted by atomic mass is 10.2. The van der Waals surface area contributed by atoms with Gasteiger partial charge in [-0.15, -0.1) is 0 Å². The second kappa shape index (κ2) is 5.12. The normalized spacial score (nSPS) is 19.7. The molecule has 3 rings (SSSR count). The Kier molecular flexibility index (Phi) is 3.42. The minimum Gasteiger partial charge on any atom is -0.395 e. The first-order chi connectivity index (χ1) is 10.0. The molecule has 8 nitrogen and oxygen atoms in total. The molecule has 3 heterocycles. The van der Waals surface area contributed by atoms with Crippen LogP contribution in [0.2, 0.25) is 0 Å². The van der Waals surface area contributed by atoms with Crippen LogP contribution in [0.15, 0.2) is 9.59 Å². The Labute approximate surface area is 120 Å². The van der Waals surface area contributed by atoms with Crippen LogP contribution in [0.1, 0.15) is 18.7 Å². The largest absolute Gasteiger partial charge is 0.395 e. The highest BCUT2D eigenvalue weighted by Crippen LogP contribution is 2.19. The number of hydrogen-bond donors (Lipinski definition) is 2. The van der Waals surface area contributed by atoms with Crippen LogP contribution in [-0.4, -0.2) is 48.3 Å². The average Bonchev–Trinajstić information content (AvgIpc) is 3.10. The molecule has 21 heavy (non-hydrogen) atoms. The number of nitrogens with one attached hydrogen (secondary N) is 1. The summed E-state index contributed by atoms with van der Waals surface area (Å²) in [5.74, 6) is 0.642. The summed E-state index contributed by atoms with van der Waals surface area (Å²) < 4.78 is 2.43. The fourth-order valence-corrected chi connectivity index (χ4v) is 2.95. The van der Waals surface area contributed by atoms with Gasteiger partial charge in [-0.1, -0.05) is 0 Å². The fraction of sp³-hybridized carbons (Fsp3) is 0.615. The number of imidazole rings is 1. The van der Waals surface area contributed by atoms with Gasteiger partial charge in [0.2, 0.25) is 0 Å². The van der Waals surface area contributed by atoms with Crippen molar-refractivity contribution in [1.82, 2.24) is 24.0 Å². The predicted molar refractivity (Wildman–Crippen MR) is 77.1 cm³/mol. The Morgan fingerprint density at radius 1 is 1.33 bits per heavy atom. The van der Waals surface area contributed by atoms with Gasteiger partial charge in [-0.3, -0.25) is 18.8 Å². The molecule has 114 valence electrons. The minimum atomic E-state index is -0.389. The highest BCUT2D eigenvalue weighted by molar-refractivity contribution is 5.69. The van der Waals surface area contributed by atoms with E-state index in [-0.39, 0.29) is 23.9 Å². The number of fused-ring (bicyclic) bond motifs is 1. The van der Waals surface area contributed by atoms with Crippen LogP contribution >= 0.6 is 0 Å². The highest BCUT2D eigenvalue weighted by Gasteiger charge is 2.25. The van der Waals surface area contributed by atoms with E-state index in [9.17, 15) is 14.7 Å². The maximum Gasteiger partial charge on any atom is 0.332 e. The fourth-order valence-electron chi connectivity index (χ4n) is 2.95. The van der Waals surface area contributed by atoms with Crippen molar-refractivity contribution in [2.24, 2.45) is 14.1 Å². The van der Waals surface area contributed by atoms with Gasteiger partial charge in [0, 0.05) is 20.1 Å². The topological polar surface area (TPSA) is 96.2 Å². The summed E-state index contributed by atoms with van der Waals surface area (Å²) in [5, 5.41) is 9.34. The second-order valence-electron chi connectivity index (χ2n) is 5.54. The number of hydrogen-bond acceptors (Lipinski definition) is 5. The van der Waals surface area contributed by atoms with Gasteiger partial charge in [0.05, 0.1) is 13.2 Å². The number of rotatable bonds is 3. The lowest BCUT2D eigenvalue weighted by molar-refractivity contribution is 0.151. The third-order valence-corrected chi connectivity index (χ3v) is 4.21. The molecule has 1 fully saturated rings. The second-order valence-corrected chi connectivity index (χ2v) is 5.54. The Balaban J connectivity index is 2.02. The van der Waals surface area contributed by atoms with Crippen molar-refractivity contribution in [3.63, 3.8) is 0 Å². The minimum absolute atomic E-state index is 0.125. The van der Waals surface area contributed by atoms with Gasteiger partial charge in [-0.05, 0) is 19.4 Å². The van der Waals surface area contributed by atoms with E-state index in [1.54, 1.807) is 7.05 Å². The van der Waals surface area contributed by atoms with E-state index in [2.05, 4.69) is 14.9 Å². The van der Waals surface area contributed by atoms with Gasteiger partial charge in [0.1, 0.15) is 11.3 Å². The summed E-state index contributed by atoms with van der Waals surface area (Å²) in [6, 6.07) is 0.143. The molecule has 1 saturated heterocycles. The number of H-pyrrole nitrogens is 1. The molecule has 0 aliphatic carbocycles. The van der Waals surface area contributed by atoms with Crippen LogP contribution in [0.3, 0.4) is 0 Å². The summed E-state index contributed by atoms with van der Waals surface area (Å²) >= 11 is 0. The zero-order chi connectivity index (χ0) is 15.1. The number of aryl methyl sites for hydroxylation is 1. The lowest BCUT2D eigenvalue weighted by Gasteiger charge is -2.20. The van der Waals surface area contributed by atoms with E-state index in [1.807, 2.05) is 0 Å². The third-order valence-electron chi connectivity index (χ3n) is 4.21. The number of likely N-dealkylation sites (tertiary alicyclic amines) is 1. The van der Waals surface area contributed by atoms with Crippen molar-refractivity contribution in [2.75, 3.05) is 13.2 Å². The molecule has 1 aliphatic heterocycles. The highest BCUT2D eigenvalue weighted by atomic mass is 16.3. The Bertz CT molecular complexity index is 787. The first-order valence-corrected chi connectivity index (χ1v) is 7.02. The van der Waals surface area contributed by atoms with E-state index in [0.29, 0.717) is 23.5 Å². The molecule has 1 aliphatic rings. The molecule has 0 spiro atoms. The van der Waals surface area contributed by atoms with Gasteiger partial charge in [0.15, 0.2) is 5.65 Å². The van der Waals surface area contributed by atoms with Gasteiger partial charge >= 0.3 is 5.69 Å². The molecule has 0 saturated carbocycles. The maximum absolute atomic E-state index is 12.1. The molecule has 0 bridgehead atoms. The Morgan fingerprint density at radius 2 is 2.10 bits per heavy atom. The van der Waals surface area contributed by atoms with Crippen molar-refractivity contribution < 1.29 is 5.11 Å². The maximum atomic E-state index is 12.1. The van der Waals surface area contributed by atoms with E-state index in [1.165, 1.54) is 11.6 Å².